The van der Waals surface area contributed by atoms with Gasteiger partial charge in [0.15, 0.2) is 0 Å². The molecule has 0 unspecified atom stereocenters. The van der Waals surface area contributed by atoms with E-state index < -0.39 is 0 Å². The number of hydrogen-bond acceptors (Lipinski definition) is 2. The van der Waals surface area contributed by atoms with Gasteiger partial charge in [-0.2, -0.15) is 5.10 Å². The number of nitrogens with zero attached hydrogens (tertiary/aromatic N) is 2. The fraction of sp³-hybridized carbons (Fsp3) is 0.357. The van der Waals surface area contributed by atoms with Crippen LogP contribution in [0.25, 0.3) is 0 Å². The minimum atomic E-state index is 0.783. The Kier molecular flexibility index (Phi) is 4.07. The number of aromatic nitrogens is 2. The molecule has 0 aliphatic heterocycles. The van der Waals surface area contributed by atoms with Crippen LogP contribution in [0.4, 0.5) is 5.69 Å². The summed E-state index contributed by atoms with van der Waals surface area (Å²) in [5.41, 5.74) is 4.70. The Morgan fingerprint density at radius 3 is 2.78 bits per heavy atom. The average Bonchev–Trinajstić information content (AvgIpc) is 2.71. The Balaban J connectivity index is 2.11. The van der Waals surface area contributed by atoms with Crippen LogP contribution in [-0.2, 0) is 20.0 Å². The third-order valence-corrected chi connectivity index (χ3v) is 3.66. The molecule has 96 valence electrons. The summed E-state index contributed by atoms with van der Waals surface area (Å²) >= 11 is 3.56. The predicted molar refractivity (Wildman–Crippen MR) is 78.8 cm³/mol. The van der Waals surface area contributed by atoms with Gasteiger partial charge in [-0.25, -0.2) is 0 Å². The molecule has 2 rings (SSSR count). The van der Waals surface area contributed by atoms with Gasteiger partial charge in [-0.1, -0.05) is 13.0 Å². The minimum absolute atomic E-state index is 0.783. The SMILES string of the molecule is CCc1cc(CNc2cc(C)ccc2Br)n(C)n1. The first-order valence-corrected chi connectivity index (χ1v) is 6.91. The highest BCUT2D eigenvalue weighted by molar-refractivity contribution is 9.10. The topological polar surface area (TPSA) is 29.9 Å². The molecule has 3 nitrogen and oxygen atoms in total. The standard InChI is InChI=1S/C14H18BrN3/c1-4-11-8-12(18(3)17-11)9-16-14-7-10(2)5-6-13(14)15/h5-8,16H,4,9H2,1-3H3. The first-order chi connectivity index (χ1) is 8.60. The zero-order valence-corrected chi connectivity index (χ0v) is 12.6. The molecule has 18 heavy (non-hydrogen) atoms. The lowest BCUT2D eigenvalue weighted by atomic mass is 10.2. The van der Waals surface area contributed by atoms with Crippen molar-refractivity contribution >= 4 is 21.6 Å². The van der Waals surface area contributed by atoms with Gasteiger partial charge in [0.05, 0.1) is 17.9 Å². The molecule has 0 bridgehead atoms. The summed E-state index contributed by atoms with van der Waals surface area (Å²) in [5, 5.41) is 7.89. The quantitative estimate of drug-likeness (QED) is 0.934. The lowest BCUT2D eigenvalue weighted by Gasteiger charge is -2.09. The molecular weight excluding hydrogens is 290 g/mol. The largest absolute Gasteiger partial charge is 0.378 e. The van der Waals surface area contributed by atoms with Crippen molar-refractivity contribution in [2.24, 2.45) is 7.05 Å². The van der Waals surface area contributed by atoms with E-state index in [4.69, 9.17) is 0 Å². The molecule has 1 aromatic carbocycles. The number of aryl methyl sites for hydroxylation is 3. The third-order valence-electron chi connectivity index (χ3n) is 2.97. The third kappa shape index (κ3) is 2.93. The van der Waals surface area contributed by atoms with Gasteiger partial charge in [0.1, 0.15) is 0 Å². The van der Waals surface area contributed by atoms with Crippen molar-refractivity contribution in [1.82, 2.24) is 9.78 Å². The van der Waals surface area contributed by atoms with E-state index in [2.05, 4.69) is 64.5 Å². The monoisotopic (exact) mass is 307 g/mol. The number of anilines is 1. The van der Waals surface area contributed by atoms with Crippen molar-refractivity contribution < 1.29 is 0 Å². The van der Waals surface area contributed by atoms with E-state index >= 15 is 0 Å². The zero-order valence-electron chi connectivity index (χ0n) is 11.0. The summed E-state index contributed by atoms with van der Waals surface area (Å²) in [4.78, 5) is 0. The summed E-state index contributed by atoms with van der Waals surface area (Å²) < 4.78 is 3.03. The normalized spacial score (nSPS) is 10.7. The highest BCUT2D eigenvalue weighted by atomic mass is 79.9. The van der Waals surface area contributed by atoms with E-state index in [9.17, 15) is 0 Å². The second-order valence-electron chi connectivity index (χ2n) is 4.44. The number of hydrogen-bond donors (Lipinski definition) is 1. The number of halogens is 1. The van der Waals surface area contributed by atoms with Crippen LogP contribution in [0.2, 0.25) is 0 Å². The molecule has 0 amide bonds. The molecule has 4 heteroatoms. The Hall–Kier alpha value is -1.29. The molecular formula is C14H18BrN3. The van der Waals surface area contributed by atoms with Crippen LogP contribution >= 0.6 is 15.9 Å². The van der Waals surface area contributed by atoms with Gasteiger partial charge in [0.25, 0.3) is 0 Å². The maximum Gasteiger partial charge on any atom is 0.0625 e. The van der Waals surface area contributed by atoms with E-state index in [0.717, 1.165) is 28.8 Å². The van der Waals surface area contributed by atoms with Crippen molar-refractivity contribution in [3.8, 4) is 0 Å². The number of rotatable bonds is 4. The van der Waals surface area contributed by atoms with Crippen LogP contribution in [0.15, 0.2) is 28.7 Å². The van der Waals surface area contributed by atoms with Crippen molar-refractivity contribution in [3.05, 3.63) is 45.7 Å². The average molecular weight is 308 g/mol. The van der Waals surface area contributed by atoms with Gasteiger partial charge < -0.3 is 5.32 Å². The lowest BCUT2D eigenvalue weighted by molar-refractivity contribution is 0.707. The molecule has 0 radical (unpaired) electrons. The molecule has 0 saturated heterocycles. The smallest absolute Gasteiger partial charge is 0.0625 e. The first kappa shape index (κ1) is 13.1. The van der Waals surface area contributed by atoms with Gasteiger partial charge >= 0.3 is 0 Å². The van der Waals surface area contributed by atoms with Gasteiger partial charge in [0.2, 0.25) is 0 Å². The highest BCUT2D eigenvalue weighted by Gasteiger charge is 2.05. The van der Waals surface area contributed by atoms with E-state index in [-0.39, 0.29) is 0 Å². The van der Waals surface area contributed by atoms with Gasteiger partial charge in [-0.15, -0.1) is 0 Å². The number of nitrogens with one attached hydrogen (secondary N) is 1. The van der Waals surface area contributed by atoms with Gasteiger partial charge in [-0.3, -0.25) is 4.68 Å². The predicted octanol–water partition coefficient (Wildman–Crippen LogP) is 3.67. The molecule has 1 aromatic heterocycles. The van der Waals surface area contributed by atoms with E-state index in [1.807, 2.05) is 11.7 Å². The molecule has 0 spiro atoms. The number of benzene rings is 1. The van der Waals surface area contributed by atoms with Crippen LogP contribution in [0.1, 0.15) is 23.9 Å². The Bertz CT molecular complexity index is 546. The fourth-order valence-electron chi connectivity index (χ4n) is 1.87. The molecule has 0 saturated carbocycles. The van der Waals surface area contributed by atoms with Crippen LogP contribution in [-0.4, -0.2) is 9.78 Å². The van der Waals surface area contributed by atoms with Crippen molar-refractivity contribution in [2.45, 2.75) is 26.8 Å². The van der Waals surface area contributed by atoms with E-state index in [0.29, 0.717) is 0 Å². The van der Waals surface area contributed by atoms with Crippen LogP contribution in [0, 0.1) is 6.92 Å². The molecule has 0 aliphatic rings. The molecule has 0 aliphatic carbocycles. The van der Waals surface area contributed by atoms with Crippen LogP contribution in [0.5, 0.6) is 0 Å². The van der Waals surface area contributed by atoms with E-state index in [1.165, 1.54) is 11.3 Å². The van der Waals surface area contributed by atoms with Crippen molar-refractivity contribution in [2.75, 3.05) is 5.32 Å². The summed E-state index contributed by atoms with van der Waals surface area (Å²) in [6, 6.07) is 8.45. The molecule has 2 aromatic rings. The summed E-state index contributed by atoms with van der Waals surface area (Å²) in [5.74, 6) is 0. The van der Waals surface area contributed by atoms with Crippen molar-refractivity contribution in [1.29, 1.82) is 0 Å². The highest BCUT2D eigenvalue weighted by Crippen LogP contribution is 2.23. The fourth-order valence-corrected chi connectivity index (χ4v) is 2.26. The molecule has 0 fully saturated rings. The Morgan fingerprint density at radius 1 is 1.33 bits per heavy atom. The first-order valence-electron chi connectivity index (χ1n) is 6.12. The molecule has 0 atom stereocenters. The second kappa shape index (κ2) is 5.57. The molecule has 1 N–H and O–H groups in total. The van der Waals surface area contributed by atoms with E-state index in [1.54, 1.807) is 0 Å². The Morgan fingerprint density at radius 2 is 2.11 bits per heavy atom. The molecule has 1 heterocycles. The maximum absolute atomic E-state index is 4.45. The summed E-state index contributed by atoms with van der Waals surface area (Å²) in [6.45, 7) is 5.00. The summed E-state index contributed by atoms with van der Waals surface area (Å²) in [7, 11) is 1.99. The van der Waals surface area contributed by atoms with Gasteiger partial charge in [0, 0.05) is 17.2 Å². The summed E-state index contributed by atoms with van der Waals surface area (Å²) in [6.07, 6.45) is 0.974. The van der Waals surface area contributed by atoms with Crippen LogP contribution < -0.4 is 5.32 Å². The van der Waals surface area contributed by atoms with Gasteiger partial charge in [-0.05, 0) is 53.0 Å². The maximum atomic E-state index is 4.45. The lowest BCUT2D eigenvalue weighted by Crippen LogP contribution is -2.05. The van der Waals surface area contributed by atoms with Crippen LogP contribution in [0.3, 0.4) is 0 Å². The zero-order chi connectivity index (χ0) is 13.1. The Labute approximate surface area is 116 Å². The minimum Gasteiger partial charge on any atom is -0.378 e. The second-order valence-corrected chi connectivity index (χ2v) is 5.30. The van der Waals surface area contributed by atoms with Crippen molar-refractivity contribution in [3.63, 3.8) is 0 Å².